The summed E-state index contributed by atoms with van der Waals surface area (Å²) in [4.78, 5) is 23.5. The molecule has 0 unspecified atom stereocenters. The third kappa shape index (κ3) is 2.83. The lowest BCUT2D eigenvalue weighted by molar-refractivity contribution is -0.384. The van der Waals surface area contributed by atoms with Crippen LogP contribution in [0, 0.1) is 10.1 Å². The molecule has 0 aliphatic carbocycles. The molecule has 1 aromatic rings. The van der Waals surface area contributed by atoms with Crippen molar-refractivity contribution >= 4 is 17.3 Å². The Balaban J connectivity index is 3.54. The van der Waals surface area contributed by atoms with Gasteiger partial charge in [-0.15, -0.1) is 0 Å². The average Bonchev–Trinajstić information content (AvgIpc) is 2.36. The van der Waals surface area contributed by atoms with Crippen molar-refractivity contribution < 1.29 is 14.8 Å². The molecular weight excluding hydrogens is 248 g/mol. The molecule has 104 valence electrons. The minimum atomic E-state index is -1.17. The monoisotopic (exact) mass is 266 g/mol. The van der Waals surface area contributed by atoms with Crippen molar-refractivity contribution in [3.63, 3.8) is 0 Å². The Bertz CT molecular complexity index is 479. The molecule has 6 heteroatoms. The maximum absolute atomic E-state index is 11.3. The molecule has 0 bridgehead atoms. The fraction of sp³-hybridized carbons (Fsp3) is 0.462. The number of anilines is 1. The van der Waals surface area contributed by atoms with Gasteiger partial charge in [-0.3, -0.25) is 10.1 Å². The normalized spacial score (nSPS) is 11.2. The van der Waals surface area contributed by atoms with Crippen molar-refractivity contribution in [2.75, 3.05) is 11.9 Å². The van der Waals surface area contributed by atoms with E-state index in [0.717, 1.165) is 6.42 Å². The molecular formula is C13H18N2O4. The SMILES string of the molecule is CCC(C)(C)N(C)c1c(C(=O)O)cccc1[N+](=O)[O-]. The molecule has 0 radical (unpaired) electrons. The summed E-state index contributed by atoms with van der Waals surface area (Å²) in [5, 5.41) is 20.3. The van der Waals surface area contributed by atoms with Gasteiger partial charge in [0.1, 0.15) is 5.69 Å². The lowest BCUT2D eigenvalue weighted by Crippen LogP contribution is -2.41. The summed E-state index contributed by atoms with van der Waals surface area (Å²) in [7, 11) is 1.68. The minimum absolute atomic E-state index is 0.0572. The smallest absolute Gasteiger partial charge is 0.338 e. The highest BCUT2D eigenvalue weighted by molar-refractivity contribution is 5.97. The first kappa shape index (κ1) is 14.9. The van der Waals surface area contributed by atoms with Crippen LogP contribution in [0.2, 0.25) is 0 Å². The number of nitro groups is 1. The molecule has 0 saturated carbocycles. The maximum atomic E-state index is 11.3. The number of para-hydroxylation sites is 1. The van der Waals surface area contributed by atoms with Gasteiger partial charge in [0, 0.05) is 18.7 Å². The van der Waals surface area contributed by atoms with Crippen molar-refractivity contribution in [2.24, 2.45) is 0 Å². The van der Waals surface area contributed by atoms with Gasteiger partial charge in [0.05, 0.1) is 10.5 Å². The van der Waals surface area contributed by atoms with E-state index in [0.29, 0.717) is 0 Å². The summed E-state index contributed by atoms with van der Waals surface area (Å²) < 4.78 is 0. The maximum Gasteiger partial charge on any atom is 0.338 e. The number of hydrogen-bond donors (Lipinski definition) is 1. The van der Waals surface area contributed by atoms with Crippen LogP contribution in [-0.4, -0.2) is 28.6 Å². The van der Waals surface area contributed by atoms with Crippen LogP contribution in [0.1, 0.15) is 37.6 Å². The second kappa shape index (κ2) is 5.26. The van der Waals surface area contributed by atoms with Crippen LogP contribution >= 0.6 is 0 Å². The second-order valence-electron chi connectivity index (χ2n) is 4.96. The van der Waals surface area contributed by atoms with E-state index in [9.17, 15) is 20.0 Å². The number of carboxylic acid groups (broad SMARTS) is 1. The van der Waals surface area contributed by atoms with Crippen LogP contribution in [0.3, 0.4) is 0 Å². The fourth-order valence-corrected chi connectivity index (χ4v) is 1.74. The third-order valence-corrected chi connectivity index (χ3v) is 3.55. The Morgan fingerprint density at radius 3 is 2.47 bits per heavy atom. The number of rotatable bonds is 5. The summed E-state index contributed by atoms with van der Waals surface area (Å²) in [5.74, 6) is -1.17. The molecule has 0 aromatic heterocycles. The first-order valence-corrected chi connectivity index (χ1v) is 5.97. The summed E-state index contributed by atoms with van der Waals surface area (Å²) >= 11 is 0. The Kier molecular flexibility index (Phi) is 4.14. The van der Waals surface area contributed by atoms with E-state index < -0.39 is 10.9 Å². The van der Waals surface area contributed by atoms with E-state index in [4.69, 9.17) is 0 Å². The Morgan fingerprint density at radius 1 is 1.47 bits per heavy atom. The van der Waals surface area contributed by atoms with Gasteiger partial charge in [0.2, 0.25) is 0 Å². The molecule has 1 N–H and O–H groups in total. The highest BCUT2D eigenvalue weighted by atomic mass is 16.6. The first-order chi connectivity index (χ1) is 8.72. The Morgan fingerprint density at radius 2 is 2.05 bits per heavy atom. The zero-order chi connectivity index (χ0) is 14.8. The van der Waals surface area contributed by atoms with Crippen LogP contribution in [-0.2, 0) is 0 Å². The molecule has 0 spiro atoms. The Labute approximate surface area is 111 Å². The third-order valence-electron chi connectivity index (χ3n) is 3.55. The van der Waals surface area contributed by atoms with E-state index in [-0.39, 0.29) is 22.5 Å². The summed E-state index contributed by atoms with van der Waals surface area (Å²) in [6.45, 7) is 5.77. The number of carboxylic acids is 1. The van der Waals surface area contributed by atoms with Crippen LogP contribution in [0.4, 0.5) is 11.4 Å². The molecule has 0 fully saturated rings. The summed E-state index contributed by atoms with van der Waals surface area (Å²) in [6, 6.07) is 4.09. The van der Waals surface area contributed by atoms with E-state index in [1.807, 2.05) is 20.8 Å². The average molecular weight is 266 g/mol. The first-order valence-electron chi connectivity index (χ1n) is 5.97. The van der Waals surface area contributed by atoms with Crippen molar-refractivity contribution in [2.45, 2.75) is 32.7 Å². The van der Waals surface area contributed by atoms with Crippen LogP contribution in [0.25, 0.3) is 0 Å². The minimum Gasteiger partial charge on any atom is -0.478 e. The van der Waals surface area contributed by atoms with Crippen LogP contribution < -0.4 is 4.90 Å². The quantitative estimate of drug-likeness (QED) is 0.654. The molecule has 0 aliphatic heterocycles. The van der Waals surface area contributed by atoms with E-state index >= 15 is 0 Å². The number of aromatic carboxylic acids is 1. The van der Waals surface area contributed by atoms with Gasteiger partial charge in [-0.05, 0) is 26.3 Å². The molecule has 0 heterocycles. The molecule has 1 aromatic carbocycles. The van der Waals surface area contributed by atoms with Gasteiger partial charge in [0.25, 0.3) is 5.69 Å². The van der Waals surface area contributed by atoms with E-state index in [2.05, 4.69) is 0 Å². The number of hydrogen-bond acceptors (Lipinski definition) is 4. The second-order valence-corrected chi connectivity index (χ2v) is 4.96. The molecule has 0 amide bonds. The summed E-state index contributed by atoms with van der Waals surface area (Å²) in [6.07, 6.45) is 0.731. The summed E-state index contributed by atoms with van der Waals surface area (Å²) in [5.41, 5.74) is -0.481. The van der Waals surface area contributed by atoms with E-state index in [1.165, 1.54) is 18.2 Å². The van der Waals surface area contributed by atoms with Gasteiger partial charge < -0.3 is 10.0 Å². The standard InChI is InChI=1S/C13H18N2O4/c1-5-13(2,3)14(4)11-9(12(16)17)7-6-8-10(11)15(18)19/h6-8H,5H2,1-4H3,(H,16,17). The molecule has 0 saturated heterocycles. The topological polar surface area (TPSA) is 83.7 Å². The highest BCUT2D eigenvalue weighted by Gasteiger charge is 2.31. The van der Waals surface area contributed by atoms with Crippen molar-refractivity contribution in [3.8, 4) is 0 Å². The van der Waals surface area contributed by atoms with Gasteiger partial charge in [-0.25, -0.2) is 4.79 Å². The van der Waals surface area contributed by atoms with Crippen molar-refractivity contribution in [3.05, 3.63) is 33.9 Å². The number of benzene rings is 1. The van der Waals surface area contributed by atoms with Crippen LogP contribution in [0.15, 0.2) is 18.2 Å². The molecule has 1 rings (SSSR count). The Hall–Kier alpha value is -2.11. The van der Waals surface area contributed by atoms with Gasteiger partial charge in [-0.1, -0.05) is 13.0 Å². The molecule has 6 nitrogen and oxygen atoms in total. The largest absolute Gasteiger partial charge is 0.478 e. The van der Waals surface area contributed by atoms with Crippen molar-refractivity contribution in [1.29, 1.82) is 0 Å². The zero-order valence-corrected chi connectivity index (χ0v) is 11.5. The molecule has 0 atom stereocenters. The predicted molar refractivity (Wildman–Crippen MR) is 72.8 cm³/mol. The number of nitro benzene ring substituents is 1. The lowest BCUT2D eigenvalue weighted by Gasteiger charge is -2.37. The van der Waals surface area contributed by atoms with Gasteiger partial charge >= 0.3 is 5.97 Å². The van der Waals surface area contributed by atoms with E-state index in [1.54, 1.807) is 11.9 Å². The van der Waals surface area contributed by atoms with Gasteiger partial charge in [-0.2, -0.15) is 0 Å². The predicted octanol–water partition coefficient (Wildman–Crippen LogP) is 2.92. The highest BCUT2D eigenvalue weighted by Crippen LogP contribution is 2.36. The number of carbonyl (C=O) groups is 1. The molecule has 0 aliphatic rings. The molecule has 19 heavy (non-hydrogen) atoms. The van der Waals surface area contributed by atoms with Gasteiger partial charge in [0.15, 0.2) is 0 Å². The fourth-order valence-electron chi connectivity index (χ4n) is 1.74. The zero-order valence-electron chi connectivity index (χ0n) is 11.5. The van der Waals surface area contributed by atoms with Crippen LogP contribution in [0.5, 0.6) is 0 Å². The lowest BCUT2D eigenvalue weighted by atomic mass is 9.97. The van der Waals surface area contributed by atoms with Crippen molar-refractivity contribution in [1.82, 2.24) is 0 Å². The number of nitrogens with zero attached hydrogens (tertiary/aromatic N) is 2.